The Labute approximate surface area is 102 Å². The molecule has 6 heteroatoms. The number of rotatable bonds is 6. The monoisotopic (exact) mass is 258 g/mol. The Kier molecular flexibility index (Phi) is 4.86. The molecule has 0 amide bonds. The second-order valence-corrected chi connectivity index (χ2v) is 6.21. The molecule has 0 saturated heterocycles. The van der Waals surface area contributed by atoms with Crippen LogP contribution in [-0.4, -0.2) is 24.3 Å². The van der Waals surface area contributed by atoms with E-state index in [1.165, 1.54) is 0 Å². The molecule has 0 radical (unpaired) electrons. The minimum atomic E-state index is -3.26. The van der Waals surface area contributed by atoms with Gasteiger partial charge in [-0.3, -0.25) is 0 Å². The number of aryl methyl sites for hydroxylation is 1. The van der Waals surface area contributed by atoms with Gasteiger partial charge in [0.05, 0.1) is 5.75 Å². The average Bonchev–Trinajstić information content (AvgIpc) is 2.74. The van der Waals surface area contributed by atoms with E-state index in [2.05, 4.69) is 10.1 Å². The summed E-state index contributed by atoms with van der Waals surface area (Å²) in [6, 6.07) is 0. The first-order valence-electron chi connectivity index (χ1n) is 5.66. The molecule has 96 valence electrons. The van der Waals surface area contributed by atoms with Crippen molar-refractivity contribution in [3.05, 3.63) is 23.9 Å². The SMILES string of the molecule is C/C=C/CS(=O)(=O)C(C)c1nc(CCC)no1. The van der Waals surface area contributed by atoms with Gasteiger partial charge in [0.25, 0.3) is 0 Å². The van der Waals surface area contributed by atoms with E-state index >= 15 is 0 Å². The highest BCUT2D eigenvalue weighted by Crippen LogP contribution is 2.21. The van der Waals surface area contributed by atoms with Crippen LogP contribution in [0.2, 0.25) is 0 Å². The normalized spacial score (nSPS) is 14.3. The van der Waals surface area contributed by atoms with Crippen molar-refractivity contribution >= 4 is 9.84 Å². The lowest BCUT2D eigenvalue weighted by molar-refractivity contribution is 0.371. The molecule has 1 heterocycles. The molecule has 1 aromatic rings. The summed E-state index contributed by atoms with van der Waals surface area (Å²) in [4.78, 5) is 4.09. The van der Waals surface area contributed by atoms with Crippen molar-refractivity contribution in [2.45, 2.75) is 38.9 Å². The van der Waals surface area contributed by atoms with Crippen molar-refractivity contribution in [1.29, 1.82) is 0 Å². The second-order valence-electron chi connectivity index (χ2n) is 3.84. The number of hydrogen-bond donors (Lipinski definition) is 0. The predicted molar refractivity (Wildman–Crippen MR) is 65.3 cm³/mol. The minimum Gasteiger partial charge on any atom is -0.338 e. The summed E-state index contributed by atoms with van der Waals surface area (Å²) in [5.41, 5.74) is 0. The van der Waals surface area contributed by atoms with Crippen molar-refractivity contribution in [1.82, 2.24) is 10.1 Å². The van der Waals surface area contributed by atoms with Crippen LogP contribution in [0.1, 0.15) is 44.2 Å². The van der Waals surface area contributed by atoms with Gasteiger partial charge in [0.2, 0.25) is 5.89 Å². The summed E-state index contributed by atoms with van der Waals surface area (Å²) in [7, 11) is -3.26. The maximum atomic E-state index is 11.9. The molecule has 0 N–H and O–H groups in total. The highest BCUT2D eigenvalue weighted by Gasteiger charge is 2.26. The van der Waals surface area contributed by atoms with E-state index in [4.69, 9.17) is 4.52 Å². The smallest absolute Gasteiger partial charge is 0.244 e. The Morgan fingerprint density at radius 2 is 2.18 bits per heavy atom. The van der Waals surface area contributed by atoms with E-state index < -0.39 is 15.1 Å². The largest absolute Gasteiger partial charge is 0.338 e. The first-order chi connectivity index (χ1) is 8.01. The van der Waals surface area contributed by atoms with Crippen molar-refractivity contribution in [2.75, 3.05) is 5.75 Å². The van der Waals surface area contributed by atoms with E-state index in [0.29, 0.717) is 12.2 Å². The topological polar surface area (TPSA) is 73.1 Å². The molecule has 1 atom stereocenters. The van der Waals surface area contributed by atoms with Crippen LogP contribution < -0.4 is 0 Å². The minimum absolute atomic E-state index is 0.00381. The van der Waals surface area contributed by atoms with E-state index in [-0.39, 0.29) is 11.6 Å². The van der Waals surface area contributed by atoms with Crippen LogP contribution in [0.3, 0.4) is 0 Å². The molecule has 0 aliphatic heterocycles. The lowest BCUT2D eigenvalue weighted by Gasteiger charge is -2.05. The van der Waals surface area contributed by atoms with Gasteiger partial charge < -0.3 is 4.52 Å². The Morgan fingerprint density at radius 1 is 1.47 bits per heavy atom. The fraction of sp³-hybridized carbons (Fsp3) is 0.636. The molecular formula is C11H18N2O3S. The zero-order valence-electron chi connectivity index (χ0n) is 10.4. The van der Waals surface area contributed by atoms with Gasteiger partial charge in [-0.1, -0.05) is 24.2 Å². The molecule has 0 bridgehead atoms. The van der Waals surface area contributed by atoms with Crippen molar-refractivity contribution < 1.29 is 12.9 Å². The summed E-state index contributed by atoms with van der Waals surface area (Å²) in [5.74, 6) is 0.740. The first kappa shape index (κ1) is 13.9. The van der Waals surface area contributed by atoms with Gasteiger partial charge in [0.15, 0.2) is 15.7 Å². The van der Waals surface area contributed by atoms with Crippen molar-refractivity contribution in [3.8, 4) is 0 Å². The summed E-state index contributed by atoms with van der Waals surface area (Å²) in [6.45, 7) is 5.36. The molecule has 1 rings (SSSR count). The number of nitrogens with zero attached hydrogens (tertiary/aromatic N) is 2. The molecule has 0 aliphatic carbocycles. The first-order valence-corrected chi connectivity index (χ1v) is 7.38. The predicted octanol–water partition coefficient (Wildman–Crippen LogP) is 2.07. The standard InChI is InChI=1S/C11H18N2O3S/c1-4-6-8-17(14,15)9(3)11-12-10(7-5-2)13-16-11/h4,6,9H,5,7-8H2,1-3H3/b6-4+. The number of aromatic nitrogens is 2. The molecule has 0 spiro atoms. The average molecular weight is 258 g/mol. The molecule has 17 heavy (non-hydrogen) atoms. The third-order valence-corrected chi connectivity index (χ3v) is 4.34. The van der Waals surface area contributed by atoms with Crippen molar-refractivity contribution in [3.63, 3.8) is 0 Å². The maximum absolute atomic E-state index is 11.9. The maximum Gasteiger partial charge on any atom is 0.244 e. The van der Waals surface area contributed by atoms with E-state index in [1.54, 1.807) is 26.0 Å². The van der Waals surface area contributed by atoms with Crippen LogP contribution in [0.4, 0.5) is 0 Å². The lowest BCUT2D eigenvalue weighted by Crippen LogP contribution is -2.13. The van der Waals surface area contributed by atoms with Gasteiger partial charge >= 0.3 is 0 Å². The zero-order valence-corrected chi connectivity index (χ0v) is 11.2. The molecular weight excluding hydrogens is 240 g/mol. The highest BCUT2D eigenvalue weighted by atomic mass is 32.2. The van der Waals surface area contributed by atoms with E-state index in [1.807, 2.05) is 6.92 Å². The van der Waals surface area contributed by atoms with Gasteiger partial charge in [0.1, 0.15) is 5.25 Å². The van der Waals surface area contributed by atoms with Gasteiger partial charge in [-0.05, 0) is 20.3 Å². The van der Waals surface area contributed by atoms with Crippen LogP contribution >= 0.6 is 0 Å². The quantitative estimate of drug-likeness (QED) is 0.730. The Balaban J connectivity index is 2.84. The fourth-order valence-electron chi connectivity index (χ4n) is 1.29. The van der Waals surface area contributed by atoms with Gasteiger partial charge in [0, 0.05) is 6.42 Å². The Hall–Kier alpha value is -1.17. The summed E-state index contributed by atoms with van der Waals surface area (Å²) >= 11 is 0. The van der Waals surface area contributed by atoms with E-state index in [9.17, 15) is 8.42 Å². The molecule has 0 fully saturated rings. The molecule has 5 nitrogen and oxygen atoms in total. The molecule has 1 aromatic heterocycles. The van der Waals surface area contributed by atoms with Crippen LogP contribution in [0.15, 0.2) is 16.7 Å². The summed E-state index contributed by atoms with van der Waals surface area (Å²) in [5, 5.41) is 3.00. The van der Waals surface area contributed by atoms with Crippen LogP contribution in [0.25, 0.3) is 0 Å². The number of allylic oxidation sites excluding steroid dienone is 1. The Bertz CT molecular complexity index is 477. The summed E-state index contributed by atoms with van der Waals surface area (Å²) in [6.07, 6.45) is 4.92. The molecule has 0 aromatic carbocycles. The van der Waals surface area contributed by atoms with Crippen LogP contribution in [0.5, 0.6) is 0 Å². The fourth-order valence-corrected chi connectivity index (χ4v) is 2.44. The van der Waals surface area contributed by atoms with Gasteiger partial charge in [-0.25, -0.2) is 8.42 Å². The third-order valence-electron chi connectivity index (χ3n) is 2.41. The second kappa shape index (κ2) is 5.95. The van der Waals surface area contributed by atoms with Crippen LogP contribution in [-0.2, 0) is 16.3 Å². The summed E-state index contributed by atoms with van der Waals surface area (Å²) < 4.78 is 28.7. The van der Waals surface area contributed by atoms with Crippen LogP contribution in [0, 0.1) is 0 Å². The number of sulfone groups is 1. The lowest BCUT2D eigenvalue weighted by atomic mass is 10.3. The van der Waals surface area contributed by atoms with E-state index in [0.717, 1.165) is 6.42 Å². The Morgan fingerprint density at radius 3 is 2.76 bits per heavy atom. The molecule has 0 aliphatic rings. The van der Waals surface area contributed by atoms with Crippen molar-refractivity contribution in [2.24, 2.45) is 0 Å². The molecule has 1 unspecified atom stereocenters. The van der Waals surface area contributed by atoms with Gasteiger partial charge in [-0.15, -0.1) is 0 Å². The van der Waals surface area contributed by atoms with Gasteiger partial charge in [-0.2, -0.15) is 4.98 Å². The zero-order chi connectivity index (χ0) is 12.9. The third kappa shape index (κ3) is 3.66. The number of hydrogen-bond acceptors (Lipinski definition) is 5. The highest BCUT2D eigenvalue weighted by molar-refractivity contribution is 7.91. The molecule has 0 saturated carbocycles.